The molecule has 3 aromatic rings. The van der Waals surface area contributed by atoms with Crippen molar-refractivity contribution in [1.29, 1.82) is 0 Å². The molecule has 2 saturated heterocycles. The van der Waals surface area contributed by atoms with Crippen LogP contribution in [-0.2, 0) is 81.7 Å². The van der Waals surface area contributed by atoms with Crippen molar-refractivity contribution in [1.82, 2.24) is 36.4 Å². The number of piperidine rings is 1. The van der Waals surface area contributed by atoms with Gasteiger partial charge in [-0.2, -0.15) is 8.42 Å². The van der Waals surface area contributed by atoms with E-state index >= 15 is 9.59 Å². The van der Waals surface area contributed by atoms with Crippen molar-refractivity contribution >= 4 is 57.7 Å². The van der Waals surface area contributed by atoms with E-state index in [0.717, 1.165) is 12.0 Å². The Hall–Kier alpha value is -7.19. The number of esters is 1. The van der Waals surface area contributed by atoms with Crippen molar-refractivity contribution in [3.8, 4) is 11.5 Å². The molecule has 0 aromatic heterocycles. The van der Waals surface area contributed by atoms with Crippen molar-refractivity contribution in [2.75, 3.05) is 20.8 Å². The molecule has 0 aliphatic carbocycles. The van der Waals surface area contributed by atoms with Gasteiger partial charge in [-0.15, -0.1) is 0 Å². The van der Waals surface area contributed by atoms with Gasteiger partial charge in [-0.05, 0) is 98.2 Å². The van der Waals surface area contributed by atoms with Crippen molar-refractivity contribution in [2.24, 2.45) is 11.8 Å². The Balaban J connectivity index is 1.64. The van der Waals surface area contributed by atoms with Crippen molar-refractivity contribution < 1.29 is 80.3 Å². The van der Waals surface area contributed by atoms with E-state index in [2.05, 4.69) is 30.8 Å². The third-order valence-corrected chi connectivity index (χ3v) is 15.1. The second-order valence-corrected chi connectivity index (χ2v) is 21.4. The SMILES string of the molecule is CCC(C)C1NC(=O)C(Cc2ccccc2)N(C)C(=O)C(C(C)CC)N2C(=O)C(CCC2O)NC(=O)C(CCc2ccc(O)cc2)NC(=O)[C@@H](NC(=O)C(CCc2ccc(O)cc2)NC(=O)C(COS(=O)(=O)O)OC)[C@@H](C)OC1=O. The predicted molar refractivity (Wildman–Crippen MR) is 288 cm³/mol. The standard InChI is InChI=1S/C55H75N7O17S/c1-8-31(3)45-55(73)79-33(5)46(60-49(67)40(26-20-35-17-23-38(64)24-18-35)56-51(69)43(77-7)30-78-80(74,75)76)52(70)57-39(25-19-34-15-21-37(63)22-16-34)48(66)58-41-27-28-44(65)62(53(41)71)47(32(4)9-2)54(72)61(6)42(50(68)59-45)29-36-13-11-10-12-14-36/h10-18,21-24,31-33,39-47,63-65H,8-9,19-20,25-30H2,1-7H3,(H,56,69)(H,57,70)(H,58,66)(H,59,68)(H,60,67)(H,74,75,76)/t31?,32?,33-,39?,40?,41?,42?,43?,44?,45?,46+,47?/m1/s1. The molecule has 438 valence electrons. The highest BCUT2D eigenvalue weighted by molar-refractivity contribution is 7.80. The Bertz CT molecular complexity index is 2740. The number of phenolic OH excluding ortho intramolecular Hbond substituents is 2. The number of amides is 7. The van der Waals surface area contributed by atoms with Crippen molar-refractivity contribution in [3.05, 3.63) is 95.6 Å². The molecule has 24 nitrogen and oxygen atoms in total. The number of fused-ring (bicyclic) bond motifs is 2. The molecule has 2 aliphatic rings. The molecule has 0 saturated carbocycles. The molecule has 12 atom stereocenters. The third kappa shape index (κ3) is 17.7. The number of hydrogen-bond acceptors (Lipinski definition) is 16. The molecule has 0 spiro atoms. The van der Waals surface area contributed by atoms with Crippen LogP contribution in [0.2, 0.25) is 0 Å². The number of aliphatic hydroxyl groups is 1. The van der Waals surface area contributed by atoms with Gasteiger partial charge in [0.15, 0.2) is 6.10 Å². The lowest BCUT2D eigenvalue weighted by molar-refractivity contribution is -0.168. The smallest absolute Gasteiger partial charge is 0.397 e. The van der Waals surface area contributed by atoms with Gasteiger partial charge in [-0.3, -0.25) is 38.1 Å². The summed E-state index contributed by atoms with van der Waals surface area (Å²) in [5.74, 6) is -8.92. The highest BCUT2D eigenvalue weighted by Crippen LogP contribution is 2.28. The van der Waals surface area contributed by atoms with E-state index in [0.29, 0.717) is 23.1 Å². The van der Waals surface area contributed by atoms with Gasteiger partial charge in [0.2, 0.25) is 35.4 Å². The average molecular weight is 1140 g/mol. The Morgan fingerprint density at radius 1 is 0.775 bits per heavy atom. The number of cyclic esters (lactones) is 1. The number of benzene rings is 3. The van der Waals surface area contributed by atoms with Crippen LogP contribution in [0.15, 0.2) is 78.9 Å². The number of aromatic hydroxyl groups is 2. The molecule has 2 heterocycles. The molecule has 2 fully saturated rings. The number of aryl methyl sites for hydroxylation is 2. The number of carbonyl (C=O) groups is 8. The Kier molecular flexibility index (Phi) is 23.3. The molecule has 2 bridgehead atoms. The highest BCUT2D eigenvalue weighted by Gasteiger charge is 2.47. The Labute approximate surface area is 465 Å². The molecule has 3 aromatic carbocycles. The maximum Gasteiger partial charge on any atom is 0.397 e. The molecule has 0 radical (unpaired) electrons. The maximum absolute atomic E-state index is 15.1. The van der Waals surface area contributed by atoms with Gasteiger partial charge in [-0.1, -0.05) is 95.1 Å². The number of methoxy groups -OCH3 is 1. The van der Waals surface area contributed by atoms with Gasteiger partial charge in [0.1, 0.15) is 72.7 Å². The van der Waals surface area contributed by atoms with Gasteiger partial charge < -0.3 is 61.2 Å². The summed E-state index contributed by atoms with van der Waals surface area (Å²) in [6.45, 7) is 7.16. The van der Waals surface area contributed by atoms with Crippen LogP contribution in [-0.4, -0.2) is 167 Å². The normalized spacial score (nSPS) is 24.3. The topological polar surface area (TPSA) is 346 Å². The van der Waals surface area contributed by atoms with E-state index in [4.69, 9.17) is 9.47 Å². The zero-order chi connectivity index (χ0) is 59.0. The summed E-state index contributed by atoms with van der Waals surface area (Å²) in [4.78, 5) is 120. The van der Waals surface area contributed by atoms with Crippen LogP contribution < -0.4 is 26.6 Å². The van der Waals surface area contributed by atoms with Gasteiger partial charge in [-0.25, -0.2) is 8.98 Å². The molecule has 5 rings (SSSR count). The Morgan fingerprint density at radius 3 is 1.95 bits per heavy atom. The van der Waals surface area contributed by atoms with E-state index in [1.165, 1.54) is 43.1 Å². The van der Waals surface area contributed by atoms with E-state index < -0.39 is 137 Å². The number of phenols is 2. The Morgan fingerprint density at radius 2 is 1.38 bits per heavy atom. The minimum Gasteiger partial charge on any atom is -0.508 e. The number of aliphatic hydroxyl groups excluding tert-OH is 1. The number of carbonyl (C=O) groups excluding carboxylic acids is 8. The van der Waals surface area contributed by atoms with Crippen molar-refractivity contribution in [3.63, 3.8) is 0 Å². The zero-order valence-corrected chi connectivity index (χ0v) is 46.7. The van der Waals surface area contributed by atoms with E-state index in [1.54, 1.807) is 82.3 Å². The molecule has 2 aliphatic heterocycles. The molecule has 80 heavy (non-hydrogen) atoms. The second kappa shape index (κ2) is 29.3. The number of likely N-dealkylation sites (N-methyl/N-ethyl adjacent to an activating group) is 1. The fourth-order valence-electron chi connectivity index (χ4n) is 9.40. The first-order chi connectivity index (χ1) is 37.8. The summed E-state index contributed by atoms with van der Waals surface area (Å²) in [6, 6.07) is 10.1. The summed E-state index contributed by atoms with van der Waals surface area (Å²) in [5.41, 5.74) is 1.82. The van der Waals surface area contributed by atoms with Crippen LogP contribution >= 0.6 is 0 Å². The lowest BCUT2D eigenvalue weighted by Crippen LogP contribution is -2.66. The van der Waals surface area contributed by atoms with Gasteiger partial charge in [0.25, 0.3) is 5.91 Å². The van der Waals surface area contributed by atoms with Gasteiger partial charge >= 0.3 is 16.4 Å². The number of ether oxygens (including phenoxy) is 2. The van der Waals surface area contributed by atoms with E-state index in [1.807, 2.05) is 0 Å². The lowest BCUT2D eigenvalue weighted by Gasteiger charge is -2.44. The predicted octanol–water partition coefficient (Wildman–Crippen LogP) is 1.34. The number of nitrogens with one attached hydrogen (secondary N) is 5. The maximum atomic E-state index is 15.1. The van der Waals surface area contributed by atoms with Crippen LogP contribution in [0.3, 0.4) is 0 Å². The van der Waals surface area contributed by atoms with Gasteiger partial charge in [0, 0.05) is 20.6 Å². The highest BCUT2D eigenvalue weighted by atomic mass is 32.3. The van der Waals surface area contributed by atoms with Crippen LogP contribution in [0.5, 0.6) is 11.5 Å². The molecule has 7 amide bonds. The molecular weight excluding hydrogens is 1060 g/mol. The largest absolute Gasteiger partial charge is 0.508 e. The summed E-state index contributed by atoms with van der Waals surface area (Å²) < 4.78 is 47.5. The van der Waals surface area contributed by atoms with E-state index in [9.17, 15) is 57.1 Å². The third-order valence-electron chi connectivity index (χ3n) is 14.7. The minimum atomic E-state index is -5.06. The number of hydrogen-bond donors (Lipinski definition) is 9. The van der Waals surface area contributed by atoms with E-state index in [-0.39, 0.29) is 62.9 Å². The fourth-order valence-corrected chi connectivity index (χ4v) is 9.70. The molecule has 9 N–H and O–H groups in total. The van der Waals surface area contributed by atoms with Gasteiger partial charge in [0.05, 0.1) is 0 Å². The van der Waals surface area contributed by atoms with Crippen molar-refractivity contribution in [2.45, 2.75) is 153 Å². The lowest BCUT2D eigenvalue weighted by atomic mass is 9.91. The minimum absolute atomic E-state index is 0.0414. The van der Waals surface area contributed by atoms with Crippen LogP contribution in [0.4, 0.5) is 0 Å². The summed E-state index contributed by atoms with van der Waals surface area (Å²) in [5, 5.41) is 44.7. The fraction of sp³-hybridized carbons (Fsp3) is 0.527. The summed E-state index contributed by atoms with van der Waals surface area (Å²) in [6.07, 6.45) is -4.74. The molecular formula is C55H75N7O17S. The average Bonchev–Trinajstić information content (AvgIpc) is 3.44. The first-order valence-corrected chi connectivity index (χ1v) is 28.0. The number of rotatable bonds is 20. The second-order valence-electron chi connectivity index (χ2n) is 20.3. The van der Waals surface area contributed by atoms with Crippen LogP contribution in [0.1, 0.15) is 89.8 Å². The first kappa shape index (κ1) is 63.6. The number of nitrogens with zero attached hydrogens (tertiary/aromatic N) is 2. The van der Waals surface area contributed by atoms with Crippen LogP contribution in [0.25, 0.3) is 0 Å². The quantitative estimate of drug-likeness (QED) is 0.0569. The van der Waals surface area contributed by atoms with Crippen LogP contribution in [0, 0.1) is 11.8 Å². The molecule has 10 unspecified atom stereocenters. The molecule has 25 heteroatoms. The summed E-state index contributed by atoms with van der Waals surface area (Å²) >= 11 is 0. The first-order valence-electron chi connectivity index (χ1n) is 26.6. The monoisotopic (exact) mass is 1140 g/mol. The zero-order valence-electron chi connectivity index (χ0n) is 45.9. The summed E-state index contributed by atoms with van der Waals surface area (Å²) in [7, 11) is -2.64.